The Morgan fingerprint density at radius 2 is 2.23 bits per heavy atom. The van der Waals surface area contributed by atoms with Gasteiger partial charge in [0.05, 0.1) is 11.7 Å². The molecule has 4 nitrogen and oxygen atoms in total. The summed E-state index contributed by atoms with van der Waals surface area (Å²) in [4.78, 5) is 17.5. The molecule has 3 rings (SSSR count). The van der Waals surface area contributed by atoms with Gasteiger partial charge in [-0.25, -0.2) is 4.98 Å². The van der Waals surface area contributed by atoms with Crippen LogP contribution in [0.5, 0.6) is 0 Å². The highest BCUT2D eigenvalue weighted by atomic mass is 35.5. The minimum absolute atomic E-state index is 0.208. The van der Waals surface area contributed by atoms with Crippen LogP contribution in [0.25, 0.3) is 0 Å². The van der Waals surface area contributed by atoms with Crippen molar-refractivity contribution in [2.75, 3.05) is 5.32 Å². The van der Waals surface area contributed by atoms with Crippen LogP contribution in [0.4, 0.5) is 5.13 Å². The van der Waals surface area contributed by atoms with Crippen LogP contribution in [0, 0.1) is 0 Å². The second-order valence-corrected chi connectivity index (χ2v) is 7.14. The van der Waals surface area contributed by atoms with E-state index >= 15 is 0 Å². The molecule has 1 aromatic heterocycles. The Kier molecular flexibility index (Phi) is 4.47. The highest BCUT2D eigenvalue weighted by Crippen LogP contribution is 2.44. The van der Waals surface area contributed by atoms with Crippen molar-refractivity contribution in [3.05, 3.63) is 45.4 Å². The van der Waals surface area contributed by atoms with E-state index in [0.717, 1.165) is 22.7 Å². The van der Waals surface area contributed by atoms with E-state index in [4.69, 9.17) is 17.3 Å². The number of carbonyl (C=O) groups excluding carboxylic acids is 1. The molecule has 0 spiro atoms. The van der Waals surface area contributed by atoms with E-state index in [9.17, 15) is 4.79 Å². The Balaban J connectivity index is 1.85. The number of halogens is 1. The largest absolute Gasteiger partial charge is 0.320 e. The second kappa shape index (κ2) is 6.36. The molecule has 1 heterocycles. The first-order valence-corrected chi connectivity index (χ1v) is 8.53. The normalized spacial score (nSPS) is 15.6. The summed E-state index contributed by atoms with van der Waals surface area (Å²) in [6.45, 7) is 1.66. The number of anilines is 1. The molecule has 116 valence electrons. The molecule has 1 aromatic carbocycles. The van der Waals surface area contributed by atoms with Crippen LogP contribution in [-0.2, 0) is 11.2 Å². The van der Waals surface area contributed by atoms with Crippen molar-refractivity contribution in [1.29, 1.82) is 0 Å². The van der Waals surface area contributed by atoms with E-state index in [-0.39, 0.29) is 5.91 Å². The fraction of sp³-hybridized carbons (Fsp3) is 0.375. The van der Waals surface area contributed by atoms with E-state index < -0.39 is 6.04 Å². The van der Waals surface area contributed by atoms with Crippen LogP contribution in [-0.4, -0.2) is 16.9 Å². The molecular weight excluding hydrogens is 318 g/mol. The number of aromatic nitrogens is 1. The van der Waals surface area contributed by atoms with Gasteiger partial charge in [-0.15, -0.1) is 11.3 Å². The van der Waals surface area contributed by atoms with Crippen LogP contribution < -0.4 is 11.1 Å². The molecule has 1 aliphatic carbocycles. The first-order chi connectivity index (χ1) is 10.5. The summed E-state index contributed by atoms with van der Waals surface area (Å²) in [7, 11) is 0. The van der Waals surface area contributed by atoms with Crippen molar-refractivity contribution in [1.82, 2.24) is 4.98 Å². The number of amides is 1. The molecule has 0 unspecified atom stereocenters. The third-order valence-corrected chi connectivity index (χ3v) is 5.00. The minimum Gasteiger partial charge on any atom is -0.320 e. The summed E-state index contributed by atoms with van der Waals surface area (Å²) < 4.78 is 0. The van der Waals surface area contributed by atoms with E-state index in [0.29, 0.717) is 11.0 Å². The van der Waals surface area contributed by atoms with Gasteiger partial charge >= 0.3 is 0 Å². The number of carbonyl (C=O) groups is 1. The number of thiazole rings is 1. The average molecular weight is 336 g/mol. The van der Waals surface area contributed by atoms with Gasteiger partial charge in [-0.3, -0.25) is 4.79 Å². The van der Waals surface area contributed by atoms with Gasteiger partial charge in [0.2, 0.25) is 5.91 Å². The molecule has 1 aliphatic rings. The smallest absolute Gasteiger partial charge is 0.242 e. The van der Waals surface area contributed by atoms with E-state index in [1.54, 1.807) is 6.92 Å². The quantitative estimate of drug-likeness (QED) is 0.878. The number of nitrogens with two attached hydrogens (primary N) is 1. The lowest BCUT2D eigenvalue weighted by atomic mass is 10.1. The summed E-state index contributed by atoms with van der Waals surface area (Å²) in [5.74, 6) is 0.315. The molecule has 22 heavy (non-hydrogen) atoms. The van der Waals surface area contributed by atoms with Gasteiger partial charge in [0.15, 0.2) is 5.13 Å². The standard InChI is InChI=1S/C16H18ClN3OS/c1-9(18)15(21)20-16-19-14(10-6-7-10)13(22-16)8-11-4-2-3-5-12(11)17/h2-5,9-10H,6-8,18H2,1H3,(H,19,20,21)/t9-/m1/s1. The average Bonchev–Trinajstić information content (AvgIpc) is 3.24. The Morgan fingerprint density at radius 1 is 1.50 bits per heavy atom. The van der Waals surface area contributed by atoms with Crippen LogP contribution >= 0.6 is 22.9 Å². The summed E-state index contributed by atoms with van der Waals surface area (Å²) in [5.41, 5.74) is 7.78. The Labute approximate surface area is 138 Å². The maximum atomic E-state index is 11.7. The van der Waals surface area contributed by atoms with Gasteiger partial charge < -0.3 is 11.1 Å². The molecule has 1 amide bonds. The Bertz CT molecular complexity index is 694. The minimum atomic E-state index is -0.541. The predicted octanol–water partition coefficient (Wildman–Crippen LogP) is 3.55. The van der Waals surface area contributed by atoms with E-state index in [2.05, 4.69) is 10.3 Å². The van der Waals surface area contributed by atoms with Crippen molar-refractivity contribution in [3.8, 4) is 0 Å². The molecule has 0 bridgehead atoms. The molecule has 0 saturated heterocycles. The maximum absolute atomic E-state index is 11.7. The third-order valence-electron chi connectivity index (χ3n) is 3.64. The summed E-state index contributed by atoms with van der Waals surface area (Å²) >= 11 is 7.77. The summed E-state index contributed by atoms with van der Waals surface area (Å²) in [5, 5.41) is 4.19. The van der Waals surface area contributed by atoms with E-state index in [1.807, 2.05) is 24.3 Å². The molecule has 6 heteroatoms. The zero-order chi connectivity index (χ0) is 15.7. The van der Waals surface area contributed by atoms with Crippen molar-refractivity contribution >= 4 is 34.0 Å². The lowest BCUT2D eigenvalue weighted by Crippen LogP contribution is -2.32. The topological polar surface area (TPSA) is 68.0 Å². The molecule has 3 N–H and O–H groups in total. The van der Waals surface area contributed by atoms with Gasteiger partial charge in [-0.1, -0.05) is 29.8 Å². The number of hydrogen-bond donors (Lipinski definition) is 2. The highest BCUT2D eigenvalue weighted by molar-refractivity contribution is 7.15. The second-order valence-electron chi connectivity index (χ2n) is 5.65. The van der Waals surface area contributed by atoms with Crippen molar-refractivity contribution in [2.24, 2.45) is 5.73 Å². The van der Waals surface area contributed by atoms with Crippen LogP contribution in [0.15, 0.2) is 24.3 Å². The fourth-order valence-corrected chi connectivity index (χ4v) is 3.53. The van der Waals surface area contributed by atoms with Crippen molar-refractivity contribution in [2.45, 2.75) is 38.1 Å². The first-order valence-electron chi connectivity index (χ1n) is 7.34. The number of nitrogens with zero attached hydrogens (tertiary/aromatic N) is 1. The number of nitrogens with one attached hydrogen (secondary N) is 1. The molecule has 1 saturated carbocycles. The first kappa shape index (κ1) is 15.5. The SMILES string of the molecule is C[C@@H](N)C(=O)Nc1nc(C2CC2)c(Cc2ccccc2Cl)s1. The molecule has 1 fully saturated rings. The molecule has 0 radical (unpaired) electrons. The van der Waals surface area contributed by atoms with Crippen molar-refractivity contribution in [3.63, 3.8) is 0 Å². The van der Waals surface area contributed by atoms with Gasteiger partial charge in [-0.2, -0.15) is 0 Å². The predicted molar refractivity (Wildman–Crippen MR) is 90.6 cm³/mol. The van der Waals surface area contributed by atoms with Gasteiger partial charge in [0, 0.05) is 22.2 Å². The number of hydrogen-bond acceptors (Lipinski definition) is 4. The fourth-order valence-electron chi connectivity index (χ4n) is 2.25. The molecule has 0 aliphatic heterocycles. The van der Waals surface area contributed by atoms with Gasteiger partial charge in [0.25, 0.3) is 0 Å². The summed E-state index contributed by atoms with van der Waals surface area (Å²) in [6, 6.07) is 7.29. The Morgan fingerprint density at radius 3 is 2.86 bits per heavy atom. The van der Waals surface area contributed by atoms with Crippen LogP contribution in [0.2, 0.25) is 5.02 Å². The zero-order valence-corrected chi connectivity index (χ0v) is 13.9. The maximum Gasteiger partial charge on any atom is 0.242 e. The lowest BCUT2D eigenvalue weighted by Gasteiger charge is -2.03. The number of rotatable bonds is 5. The third kappa shape index (κ3) is 3.48. The van der Waals surface area contributed by atoms with Crippen LogP contribution in [0.1, 0.15) is 41.8 Å². The van der Waals surface area contributed by atoms with Gasteiger partial charge in [-0.05, 0) is 31.4 Å². The molecule has 1 atom stereocenters. The lowest BCUT2D eigenvalue weighted by molar-refractivity contribution is -0.117. The number of benzene rings is 1. The highest BCUT2D eigenvalue weighted by Gasteiger charge is 2.30. The zero-order valence-electron chi connectivity index (χ0n) is 12.3. The molecule has 2 aromatic rings. The van der Waals surface area contributed by atoms with Crippen molar-refractivity contribution < 1.29 is 4.79 Å². The monoisotopic (exact) mass is 335 g/mol. The Hall–Kier alpha value is -1.43. The van der Waals surface area contributed by atoms with Crippen LogP contribution in [0.3, 0.4) is 0 Å². The van der Waals surface area contributed by atoms with Gasteiger partial charge in [0.1, 0.15) is 0 Å². The summed E-state index contributed by atoms with van der Waals surface area (Å²) in [6.07, 6.45) is 3.08. The van der Waals surface area contributed by atoms with E-state index in [1.165, 1.54) is 29.1 Å². The molecular formula is C16H18ClN3OS.